The number of imidazole rings is 1. The average Bonchev–Trinajstić information content (AvgIpc) is 2.96. The van der Waals surface area contributed by atoms with Gasteiger partial charge >= 0.3 is 0 Å². The number of benzene rings is 2. The van der Waals surface area contributed by atoms with Crippen molar-refractivity contribution in [3.8, 4) is 0 Å². The van der Waals surface area contributed by atoms with Gasteiger partial charge in [0.25, 0.3) is 0 Å². The SMILES string of the molecule is Clc1ccc(Cc2nccn2CCc2ccccc2)cc1. The van der Waals surface area contributed by atoms with Crippen LogP contribution in [-0.2, 0) is 19.4 Å². The second-order valence-corrected chi connectivity index (χ2v) is 5.51. The van der Waals surface area contributed by atoms with Crippen LogP contribution < -0.4 is 0 Å². The van der Waals surface area contributed by atoms with Crippen molar-refractivity contribution in [3.63, 3.8) is 0 Å². The quantitative estimate of drug-likeness (QED) is 0.683. The van der Waals surface area contributed by atoms with E-state index in [4.69, 9.17) is 11.6 Å². The van der Waals surface area contributed by atoms with Crippen molar-refractivity contribution in [1.29, 1.82) is 0 Å². The first kappa shape index (κ1) is 13.9. The third-order valence-electron chi connectivity index (χ3n) is 3.56. The van der Waals surface area contributed by atoms with E-state index in [0.717, 1.165) is 30.2 Å². The van der Waals surface area contributed by atoms with Gasteiger partial charge in [0, 0.05) is 30.4 Å². The van der Waals surface area contributed by atoms with Gasteiger partial charge in [-0.2, -0.15) is 0 Å². The Morgan fingerprint density at radius 2 is 1.67 bits per heavy atom. The molecule has 0 aliphatic heterocycles. The average molecular weight is 297 g/mol. The van der Waals surface area contributed by atoms with E-state index in [9.17, 15) is 0 Å². The Morgan fingerprint density at radius 1 is 0.905 bits per heavy atom. The van der Waals surface area contributed by atoms with Gasteiger partial charge in [-0.25, -0.2) is 4.98 Å². The molecular weight excluding hydrogens is 280 g/mol. The smallest absolute Gasteiger partial charge is 0.113 e. The Labute approximate surface area is 130 Å². The summed E-state index contributed by atoms with van der Waals surface area (Å²) in [4.78, 5) is 4.48. The fourth-order valence-corrected chi connectivity index (χ4v) is 2.52. The predicted octanol–water partition coefficient (Wildman–Crippen LogP) is 4.37. The van der Waals surface area contributed by atoms with E-state index in [2.05, 4.69) is 45.9 Å². The number of hydrogen-bond acceptors (Lipinski definition) is 1. The number of hydrogen-bond donors (Lipinski definition) is 0. The molecule has 0 radical (unpaired) electrons. The molecule has 0 aliphatic carbocycles. The topological polar surface area (TPSA) is 17.8 Å². The summed E-state index contributed by atoms with van der Waals surface area (Å²) in [5.74, 6) is 1.09. The molecule has 0 saturated heterocycles. The van der Waals surface area contributed by atoms with Crippen LogP contribution in [0.5, 0.6) is 0 Å². The maximum Gasteiger partial charge on any atom is 0.113 e. The molecule has 3 rings (SSSR count). The number of aryl methyl sites for hydroxylation is 2. The molecule has 0 spiro atoms. The molecule has 0 saturated carbocycles. The minimum absolute atomic E-state index is 0.770. The first-order valence-electron chi connectivity index (χ1n) is 7.09. The highest BCUT2D eigenvalue weighted by Crippen LogP contribution is 2.13. The lowest BCUT2D eigenvalue weighted by Crippen LogP contribution is -2.06. The van der Waals surface area contributed by atoms with Crippen molar-refractivity contribution in [2.24, 2.45) is 0 Å². The number of aromatic nitrogens is 2. The van der Waals surface area contributed by atoms with E-state index in [1.165, 1.54) is 11.1 Å². The molecule has 3 aromatic rings. The molecule has 21 heavy (non-hydrogen) atoms. The molecule has 0 amide bonds. The van der Waals surface area contributed by atoms with Crippen molar-refractivity contribution in [3.05, 3.63) is 89.0 Å². The Kier molecular flexibility index (Phi) is 4.37. The molecule has 106 valence electrons. The largest absolute Gasteiger partial charge is 0.334 e. The first-order chi connectivity index (χ1) is 10.3. The lowest BCUT2D eigenvalue weighted by Gasteiger charge is -2.08. The highest BCUT2D eigenvalue weighted by Gasteiger charge is 2.04. The van der Waals surface area contributed by atoms with Crippen LogP contribution in [0.1, 0.15) is 17.0 Å². The highest BCUT2D eigenvalue weighted by atomic mass is 35.5. The second kappa shape index (κ2) is 6.59. The summed E-state index contributed by atoms with van der Waals surface area (Å²) in [5.41, 5.74) is 2.58. The zero-order chi connectivity index (χ0) is 14.5. The molecule has 0 aliphatic rings. The lowest BCUT2D eigenvalue weighted by atomic mass is 10.1. The molecule has 0 atom stereocenters. The molecule has 0 bridgehead atoms. The normalized spacial score (nSPS) is 10.7. The summed E-state index contributed by atoms with van der Waals surface area (Å²) >= 11 is 5.92. The van der Waals surface area contributed by atoms with Crippen molar-refractivity contribution in [2.75, 3.05) is 0 Å². The fourth-order valence-electron chi connectivity index (χ4n) is 2.39. The monoisotopic (exact) mass is 296 g/mol. The van der Waals surface area contributed by atoms with Crippen LogP contribution in [-0.4, -0.2) is 9.55 Å². The van der Waals surface area contributed by atoms with Crippen LogP contribution >= 0.6 is 11.6 Å². The summed E-state index contributed by atoms with van der Waals surface area (Å²) in [6, 6.07) is 18.5. The number of halogens is 1. The summed E-state index contributed by atoms with van der Waals surface area (Å²) in [7, 11) is 0. The molecule has 3 heteroatoms. The molecule has 0 unspecified atom stereocenters. The van der Waals surface area contributed by atoms with E-state index in [0.29, 0.717) is 0 Å². The van der Waals surface area contributed by atoms with Gasteiger partial charge in [-0.15, -0.1) is 0 Å². The summed E-state index contributed by atoms with van der Waals surface area (Å²) in [6.07, 6.45) is 5.77. The molecule has 1 aromatic heterocycles. The van der Waals surface area contributed by atoms with Crippen LogP contribution in [0.3, 0.4) is 0 Å². The Morgan fingerprint density at radius 3 is 2.43 bits per heavy atom. The third kappa shape index (κ3) is 3.73. The van der Waals surface area contributed by atoms with Crippen LogP contribution in [0.4, 0.5) is 0 Å². The maximum atomic E-state index is 5.92. The van der Waals surface area contributed by atoms with Crippen molar-refractivity contribution >= 4 is 11.6 Å². The molecule has 0 fully saturated rings. The Bertz CT molecular complexity index is 687. The summed E-state index contributed by atoms with van der Waals surface area (Å²) in [5, 5.41) is 0.770. The van der Waals surface area contributed by atoms with Gasteiger partial charge in [0.2, 0.25) is 0 Å². The number of rotatable bonds is 5. The molecule has 2 nitrogen and oxygen atoms in total. The van der Waals surface area contributed by atoms with Gasteiger partial charge in [-0.05, 0) is 29.7 Å². The maximum absolute atomic E-state index is 5.92. The van der Waals surface area contributed by atoms with E-state index in [1.54, 1.807) is 0 Å². The minimum atomic E-state index is 0.770. The number of nitrogens with zero attached hydrogens (tertiary/aromatic N) is 2. The Hall–Kier alpha value is -2.06. The van der Waals surface area contributed by atoms with Crippen LogP contribution in [0.25, 0.3) is 0 Å². The standard InChI is InChI=1S/C18H17ClN2/c19-17-8-6-16(7-9-17)14-18-20-11-13-21(18)12-10-15-4-2-1-3-5-15/h1-9,11,13H,10,12,14H2. The molecule has 0 N–H and O–H groups in total. The second-order valence-electron chi connectivity index (χ2n) is 5.08. The van der Waals surface area contributed by atoms with Gasteiger partial charge in [0.05, 0.1) is 0 Å². The van der Waals surface area contributed by atoms with Crippen molar-refractivity contribution in [2.45, 2.75) is 19.4 Å². The lowest BCUT2D eigenvalue weighted by molar-refractivity contribution is 0.661. The van der Waals surface area contributed by atoms with Crippen molar-refractivity contribution < 1.29 is 0 Å². The zero-order valence-corrected chi connectivity index (χ0v) is 12.5. The third-order valence-corrected chi connectivity index (χ3v) is 3.81. The molecule has 2 aromatic carbocycles. The van der Waals surface area contributed by atoms with E-state index >= 15 is 0 Å². The van der Waals surface area contributed by atoms with Crippen LogP contribution in [0.15, 0.2) is 67.0 Å². The molecular formula is C18H17ClN2. The van der Waals surface area contributed by atoms with Gasteiger partial charge in [-0.1, -0.05) is 54.1 Å². The van der Waals surface area contributed by atoms with E-state index < -0.39 is 0 Å². The van der Waals surface area contributed by atoms with Gasteiger partial charge < -0.3 is 4.57 Å². The molecule has 1 heterocycles. The van der Waals surface area contributed by atoms with Crippen LogP contribution in [0.2, 0.25) is 5.02 Å². The Balaban J connectivity index is 1.68. The minimum Gasteiger partial charge on any atom is -0.334 e. The zero-order valence-electron chi connectivity index (χ0n) is 11.7. The summed E-state index contributed by atoms with van der Waals surface area (Å²) in [6.45, 7) is 0.951. The van der Waals surface area contributed by atoms with Crippen LogP contribution in [0, 0.1) is 0 Å². The fraction of sp³-hybridized carbons (Fsp3) is 0.167. The predicted molar refractivity (Wildman–Crippen MR) is 86.6 cm³/mol. The highest BCUT2D eigenvalue weighted by molar-refractivity contribution is 6.30. The van der Waals surface area contributed by atoms with Crippen molar-refractivity contribution in [1.82, 2.24) is 9.55 Å². The van der Waals surface area contributed by atoms with Gasteiger partial charge in [0.15, 0.2) is 0 Å². The first-order valence-corrected chi connectivity index (χ1v) is 7.47. The van der Waals surface area contributed by atoms with E-state index in [1.807, 2.05) is 30.6 Å². The van der Waals surface area contributed by atoms with E-state index in [-0.39, 0.29) is 0 Å². The van der Waals surface area contributed by atoms with Gasteiger partial charge in [-0.3, -0.25) is 0 Å². The van der Waals surface area contributed by atoms with Gasteiger partial charge in [0.1, 0.15) is 5.82 Å². The summed E-state index contributed by atoms with van der Waals surface area (Å²) < 4.78 is 2.22.